The standard InChI is InChI=1S/C17H12Cl2F3NO4/c1-26-14-5-3-9(18)6-11(14)16(25)27-8-15(24)23-13-4-2-10(19)7-12(13)17(20,21)22/h2-7H,8H2,1H3,(H,23,24). The fourth-order valence-corrected chi connectivity index (χ4v) is 2.44. The highest BCUT2D eigenvalue weighted by Crippen LogP contribution is 2.36. The minimum atomic E-state index is -4.72. The molecular formula is C17H12Cl2F3NO4. The highest BCUT2D eigenvalue weighted by atomic mass is 35.5. The van der Waals surface area contributed by atoms with Crippen molar-refractivity contribution in [2.75, 3.05) is 19.0 Å². The zero-order chi connectivity index (χ0) is 20.2. The van der Waals surface area contributed by atoms with E-state index in [1.54, 1.807) is 0 Å². The Morgan fingerprint density at radius 2 is 1.70 bits per heavy atom. The number of hydrogen-bond acceptors (Lipinski definition) is 4. The molecule has 1 amide bonds. The van der Waals surface area contributed by atoms with Gasteiger partial charge in [-0.25, -0.2) is 4.79 Å². The number of amides is 1. The first-order chi connectivity index (χ1) is 12.6. The Morgan fingerprint density at radius 3 is 2.33 bits per heavy atom. The fourth-order valence-electron chi connectivity index (χ4n) is 2.09. The van der Waals surface area contributed by atoms with Gasteiger partial charge in [0.05, 0.1) is 18.4 Å². The van der Waals surface area contributed by atoms with E-state index in [-0.39, 0.29) is 21.4 Å². The number of rotatable bonds is 5. The van der Waals surface area contributed by atoms with Gasteiger partial charge in [0.2, 0.25) is 0 Å². The Balaban J connectivity index is 2.08. The maximum atomic E-state index is 13.0. The van der Waals surface area contributed by atoms with Crippen molar-refractivity contribution in [3.63, 3.8) is 0 Å². The van der Waals surface area contributed by atoms with Crippen LogP contribution >= 0.6 is 23.2 Å². The monoisotopic (exact) mass is 421 g/mol. The van der Waals surface area contributed by atoms with Crippen molar-refractivity contribution in [1.29, 1.82) is 0 Å². The fraction of sp³-hybridized carbons (Fsp3) is 0.176. The van der Waals surface area contributed by atoms with Gasteiger partial charge in [-0.15, -0.1) is 0 Å². The summed E-state index contributed by atoms with van der Waals surface area (Å²) in [5.41, 5.74) is -1.65. The van der Waals surface area contributed by atoms with Gasteiger partial charge in [-0.2, -0.15) is 13.2 Å². The van der Waals surface area contributed by atoms with Gasteiger partial charge in [0.15, 0.2) is 6.61 Å². The number of ether oxygens (including phenoxy) is 2. The molecule has 2 aromatic carbocycles. The van der Waals surface area contributed by atoms with Crippen molar-refractivity contribution in [2.24, 2.45) is 0 Å². The van der Waals surface area contributed by atoms with Gasteiger partial charge in [-0.05, 0) is 36.4 Å². The summed E-state index contributed by atoms with van der Waals surface area (Å²) >= 11 is 11.4. The largest absolute Gasteiger partial charge is 0.496 e. The number of esters is 1. The molecule has 0 spiro atoms. The Morgan fingerprint density at radius 1 is 1.07 bits per heavy atom. The minimum Gasteiger partial charge on any atom is -0.496 e. The van der Waals surface area contributed by atoms with Gasteiger partial charge in [0.1, 0.15) is 11.3 Å². The normalized spacial score (nSPS) is 11.0. The number of halogens is 5. The van der Waals surface area contributed by atoms with Crippen LogP contribution in [-0.4, -0.2) is 25.6 Å². The van der Waals surface area contributed by atoms with Crippen LogP contribution in [0.3, 0.4) is 0 Å². The summed E-state index contributed by atoms with van der Waals surface area (Å²) in [5.74, 6) is -1.71. The van der Waals surface area contributed by atoms with Crippen molar-refractivity contribution in [2.45, 2.75) is 6.18 Å². The van der Waals surface area contributed by atoms with E-state index in [2.05, 4.69) is 0 Å². The Kier molecular flexibility index (Phi) is 6.56. The molecule has 10 heteroatoms. The van der Waals surface area contributed by atoms with Crippen molar-refractivity contribution < 1.29 is 32.2 Å². The van der Waals surface area contributed by atoms with E-state index in [9.17, 15) is 22.8 Å². The van der Waals surface area contributed by atoms with Crippen molar-refractivity contribution in [3.8, 4) is 5.75 Å². The number of anilines is 1. The second-order valence-electron chi connectivity index (χ2n) is 5.16. The number of alkyl halides is 3. The average Bonchev–Trinajstić information content (AvgIpc) is 2.60. The van der Waals surface area contributed by atoms with Crippen LogP contribution in [0.1, 0.15) is 15.9 Å². The second-order valence-corrected chi connectivity index (χ2v) is 6.03. The third-order valence-corrected chi connectivity index (χ3v) is 3.75. The van der Waals surface area contributed by atoms with Crippen molar-refractivity contribution >= 4 is 40.8 Å². The second kappa shape index (κ2) is 8.49. The molecule has 0 radical (unpaired) electrons. The first-order valence-electron chi connectivity index (χ1n) is 7.29. The van der Waals surface area contributed by atoms with Crippen molar-refractivity contribution in [1.82, 2.24) is 0 Å². The molecule has 0 aromatic heterocycles. The summed E-state index contributed by atoms with van der Waals surface area (Å²) in [6, 6.07) is 7.08. The van der Waals surface area contributed by atoms with Crippen LogP contribution in [0, 0.1) is 0 Å². The molecule has 0 fully saturated rings. The summed E-state index contributed by atoms with van der Waals surface area (Å²) in [4.78, 5) is 24.0. The van der Waals surface area contributed by atoms with E-state index in [4.69, 9.17) is 32.7 Å². The summed E-state index contributed by atoms with van der Waals surface area (Å²) in [5, 5.41) is 2.14. The average molecular weight is 422 g/mol. The van der Waals surface area contributed by atoms with E-state index in [1.165, 1.54) is 31.4 Å². The zero-order valence-electron chi connectivity index (χ0n) is 13.7. The molecule has 0 aliphatic rings. The molecule has 0 bridgehead atoms. The molecule has 5 nitrogen and oxygen atoms in total. The predicted octanol–water partition coefficient (Wildman–Crippen LogP) is 4.82. The van der Waals surface area contributed by atoms with Crippen LogP contribution in [0.2, 0.25) is 10.0 Å². The van der Waals surface area contributed by atoms with E-state index in [1.807, 2.05) is 5.32 Å². The maximum absolute atomic E-state index is 13.0. The molecule has 2 rings (SSSR count). The van der Waals surface area contributed by atoms with Gasteiger partial charge in [-0.3, -0.25) is 4.79 Å². The van der Waals surface area contributed by atoms with E-state index < -0.39 is 35.9 Å². The first-order valence-corrected chi connectivity index (χ1v) is 8.04. The molecule has 0 unspecified atom stereocenters. The molecule has 0 aliphatic carbocycles. The topological polar surface area (TPSA) is 64.6 Å². The smallest absolute Gasteiger partial charge is 0.418 e. The quantitative estimate of drug-likeness (QED) is 0.703. The van der Waals surface area contributed by atoms with Gasteiger partial charge in [0.25, 0.3) is 5.91 Å². The Bertz CT molecular complexity index is 872. The number of carbonyl (C=O) groups is 2. The third kappa shape index (κ3) is 5.51. The molecule has 0 aliphatic heterocycles. The lowest BCUT2D eigenvalue weighted by Gasteiger charge is -2.14. The van der Waals surface area contributed by atoms with E-state index in [0.29, 0.717) is 6.07 Å². The van der Waals surface area contributed by atoms with Gasteiger partial charge in [-0.1, -0.05) is 23.2 Å². The molecule has 0 saturated carbocycles. The molecule has 2 aromatic rings. The number of methoxy groups -OCH3 is 1. The lowest BCUT2D eigenvalue weighted by atomic mass is 10.1. The highest BCUT2D eigenvalue weighted by Gasteiger charge is 2.34. The lowest BCUT2D eigenvalue weighted by molar-refractivity contribution is -0.137. The SMILES string of the molecule is COc1ccc(Cl)cc1C(=O)OCC(=O)Nc1ccc(Cl)cc1C(F)(F)F. The lowest BCUT2D eigenvalue weighted by Crippen LogP contribution is -2.23. The molecule has 1 N–H and O–H groups in total. The predicted molar refractivity (Wildman–Crippen MR) is 93.4 cm³/mol. The number of benzene rings is 2. The molecule has 0 atom stereocenters. The Labute approximate surface area is 162 Å². The number of carbonyl (C=O) groups excluding carboxylic acids is 2. The van der Waals surface area contributed by atoms with E-state index in [0.717, 1.165) is 6.07 Å². The van der Waals surface area contributed by atoms with Crippen molar-refractivity contribution in [3.05, 3.63) is 57.6 Å². The summed E-state index contributed by atoms with van der Waals surface area (Å²) in [6.45, 7) is -0.811. The number of nitrogens with one attached hydrogen (secondary N) is 1. The summed E-state index contributed by atoms with van der Waals surface area (Å²) in [7, 11) is 1.33. The summed E-state index contributed by atoms with van der Waals surface area (Å²) < 4.78 is 48.8. The van der Waals surface area contributed by atoms with Gasteiger partial charge < -0.3 is 14.8 Å². The van der Waals surface area contributed by atoms with Crippen LogP contribution in [-0.2, 0) is 15.7 Å². The minimum absolute atomic E-state index is 0.0275. The van der Waals surface area contributed by atoms with Crippen LogP contribution in [0.25, 0.3) is 0 Å². The molecule has 144 valence electrons. The van der Waals surface area contributed by atoms with Crippen LogP contribution < -0.4 is 10.1 Å². The first kappa shape index (κ1) is 20.9. The molecule has 0 heterocycles. The highest BCUT2D eigenvalue weighted by molar-refractivity contribution is 6.31. The van der Waals surface area contributed by atoms with Gasteiger partial charge in [0, 0.05) is 10.0 Å². The zero-order valence-corrected chi connectivity index (χ0v) is 15.2. The number of hydrogen-bond donors (Lipinski definition) is 1. The third-order valence-electron chi connectivity index (χ3n) is 3.28. The van der Waals surface area contributed by atoms with Crippen LogP contribution in [0.15, 0.2) is 36.4 Å². The Hall–Kier alpha value is -2.45. The molecule has 0 saturated heterocycles. The molecular weight excluding hydrogens is 410 g/mol. The summed E-state index contributed by atoms with van der Waals surface area (Å²) in [6.07, 6.45) is -4.72. The van der Waals surface area contributed by atoms with Crippen LogP contribution in [0.4, 0.5) is 18.9 Å². The molecule has 27 heavy (non-hydrogen) atoms. The maximum Gasteiger partial charge on any atom is 0.418 e. The van der Waals surface area contributed by atoms with Crippen LogP contribution in [0.5, 0.6) is 5.75 Å². The van der Waals surface area contributed by atoms with E-state index >= 15 is 0 Å². The van der Waals surface area contributed by atoms with Gasteiger partial charge >= 0.3 is 12.1 Å².